The van der Waals surface area contributed by atoms with Crippen LogP contribution in [0.5, 0.6) is 0 Å². The predicted molar refractivity (Wildman–Crippen MR) is 121 cm³/mol. The number of aromatic nitrogens is 5. The van der Waals surface area contributed by atoms with Crippen molar-refractivity contribution in [1.29, 1.82) is 0 Å². The Kier molecular flexibility index (Phi) is 4.94. The van der Waals surface area contributed by atoms with Gasteiger partial charge in [-0.3, -0.25) is 9.89 Å². The van der Waals surface area contributed by atoms with Crippen LogP contribution in [0.1, 0.15) is 63.4 Å². The highest BCUT2D eigenvalue weighted by Crippen LogP contribution is 2.46. The van der Waals surface area contributed by atoms with Crippen LogP contribution in [0.25, 0.3) is 0 Å². The van der Waals surface area contributed by atoms with Gasteiger partial charge in [0.05, 0.1) is 18.3 Å². The van der Waals surface area contributed by atoms with Crippen molar-refractivity contribution >= 4 is 11.7 Å². The number of fused-ring (bicyclic) bond motifs is 2. The van der Waals surface area contributed by atoms with Crippen molar-refractivity contribution in [3.05, 3.63) is 58.1 Å². The van der Waals surface area contributed by atoms with Gasteiger partial charge in [-0.25, -0.2) is 9.97 Å². The van der Waals surface area contributed by atoms with Crippen LogP contribution >= 0.6 is 0 Å². The first kappa shape index (κ1) is 22.1. The summed E-state index contributed by atoms with van der Waals surface area (Å²) in [5, 5.41) is 9.93. The lowest BCUT2D eigenvalue weighted by atomic mass is 10.2. The number of anilines is 1. The summed E-state index contributed by atoms with van der Waals surface area (Å²) >= 11 is 0. The Labute approximate surface area is 199 Å². The van der Waals surface area contributed by atoms with Gasteiger partial charge >= 0.3 is 6.18 Å². The number of amides is 1. The summed E-state index contributed by atoms with van der Waals surface area (Å²) in [7, 11) is 0. The number of pyridine rings is 1. The molecule has 1 saturated heterocycles. The molecule has 11 heteroatoms. The summed E-state index contributed by atoms with van der Waals surface area (Å²) in [4.78, 5) is 23.4. The number of carbonyl (C=O) groups excluding carboxylic acids is 1. The lowest BCUT2D eigenvalue weighted by molar-refractivity contribution is -0.147. The molecule has 3 unspecified atom stereocenters. The lowest BCUT2D eigenvalue weighted by Crippen LogP contribution is -2.28. The molecule has 3 atom stereocenters. The lowest BCUT2D eigenvalue weighted by Gasteiger charge is -2.20. The first-order chi connectivity index (χ1) is 16.7. The van der Waals surface area contributed by atoms with E-state index in [-0.39, 0.29) is 18.3 Å². The normalized spacial score (nSPS) is 22.9. The Hall–Kier alpha value is -3.37. The van der Waals surface area contributed by atoms with E-state index in [4.69, 9.17) is 0 Å². The molecule has 3 aromatic rings. The van der Waals surface area contributed by atoms with Gasteiger partial charge in [-0.1, -0.05) is 6.07 Å². The van der Waals surface area contributed by atoms with Gasteiger partial charge in [-0.15, -0.1) is 0 Å². The number of alkyl halides is 3. The summed E-state index contributed by atoms with van der Waals surface area (Å²) in [5.41, 5.74) is 3.79. The van der Waals surface area contributed by atoms with Crippen LogP contribution in [0.3, 0.4) is 0 Å². The summed E-state index contributed by atoms with van der Waals surface area (Å²) in [6, 6.07) is 3.34. The molecule has 1 aliphatic heterocycles. The minimum Gasteiger partial charge on any atom is -0.356 e. The molecule has 2 fully saturated rings. The van der Waals surface area contributed by atoms with E-state index in [0.717, 1.165) is 58.7 Å². The van der Waals surface area contributed by atoms with E-state index < -0.39 is 17.9 Å². The van der Waals surface area contributed by atoms with Gasteiger partial charge in [0.25, 0.3) is 5.91 Å². The van der Waals surface area contributed by atoms with Crippen molar-refractivity contribution in [3.63, 3.8) is 0 Å². The average molecular weight is 486 g/mol. The largest absolute Gasteiger partial charge is 0.449 e. The maximum absolute atomic E-state index is 13.8. The molecule has 4 heterocycles. The molecule has 8 nitrogen and oxygen atoms in total. The molecule has 2 aliphatic carbocycles. The Bertz CT molecular complexity index is 1300. The Morgan fingerprint density at radius 3 is 2.69 bits per heavy atom. The molecule has 1 saturated carbocycles. The van der Waals surface area contributed by atoms with Crippen molar-refractivity contribution in [2.24, 2.45) is 11.8 Å². The van der Waals surface area contributed by atoms with Gasteiger partial charge in [-0.05, 0) is 62.1 Å². The van der Waals surface area contributed by atoms with Crippen molar-refractivity contribution in [2.45, 2.75) is 51.9 Å². The van der Waals surface area contributed by atoms with Gasteiger partial charge in [-0.2, -0.15) is 18.3 Å². The third kappa shape index (κ3) is 3.96. The topological polar surface area (TPSA) is 91.7 Å². The second-order valence-corrected chi connectivity index (χ2v) is 9.93. The number of imidazole rings is 1. The summed E-state index contributed by atoms with van der Waals surface area (Å²) < 4.78 is 42.4. The Balaban J connectivity index is 1.22. The predicted octanol–water partition coefficient (Wildman–Crippen LogP) is 3.56. The van der Waals surface area contributed by atoms with E-state index in [1.54, 1.807) is 6.92 Å². The number of nitrogens with zero attached hydrogens (tertiary/aromatic N) is 5. The number of hydrogen-bond donors (Lipinski definition) is 2. The highest BCUT2D eigenvalue weighted by atomic mass is 19.4. The van der Waals surface area contributed by atoms with E-state index in [1.165, 1.54) is 12.6 Å². The van der Waals surface area contributed by atoms with E-state index in [9.17, 15) is 18.0 Å². The zero-order valence-electron chi connectivity index (χ0n) is 19.5. The second kappa shape index (κ2) is 7.82. The highest BCUT2D eigenvalue weighted by Gasteiger charge is 2.45. The van der Waals surface area contributed by atoms with Crippen LogP contribution in [0, 0.1) is 25.7 Å². The van der Waals surface area contributed by atoms with Gasteiger partial charge < -0.3 is 14.8 Å². The zero-order valence-corrected chi connectivity index (χ0v) is 19.5. The maximum Gasteiger partial charge on any atom is 0.449 e. The zero-order chi connectivity index (χ0) is 24.5. The standard InChI is InChI=1S/C24H26F3N7O/c1-12-14(3-6-20(28-12)33-9-15-7-16(15)10-33)8-34-11-19(30-23(34)24(25,26)27)22(35)29-18-5-4-17-13(2)31-32-21(17)18/h3,6,11,15-16,18H,4-5,7-10H2,1-2H3,(H,29,35)(H,31,32). The maximum atomic E-state index is 13.8. The number of hydrogen-bond acceptors (Lipinski definition) is 5. The average Bonchev–Trinajstić information content (AvgIpc) is 3.24. The minimum atomic E-state index is -4.70. The van der Waals surface area contributed by atoms with Crippen LogP contribution < -0.4 is 10.2 Å². The molecule has 35 heavy (non-hydrogen) atoms. The summed E-state index contributed by atoms with van der Waals surface area (Å²) in [6.07, 6.45) is -0.831. The molecule has 1 amide bonds. The first-order valence-corrected chi connectivity index (χ1v) is 11.9. The molecule has 3 aromatic heterocycles. The molecule has 0 spiro atoms. The van der Waals surface area contributed by atoms with Crippen molar-refractivity contribution < 1.29 is 18.0 Å². The molecule has 2 N–H and O–H groups in total. The van der Waals surface area contributed by atoms with Crippen molar-refractivity contribution in [2.75, 3.05) is 18.0 Å². The number of rotatable bonds is 5. The van der Waals surface area contributed by atoms with E-state index in [1.807, 2.05) is 19.1 Å². The smallest absolute Gasteiger partial charge is 0.356 e. The molecule has 6 rings (SSSR count). The second-order valence-electron chi connectivity index (χ2n) is 9.93. The minimum absolute atomic E-state index is 0.0778. The van der Waals surface area contributed by atoms with Crippen LogP contribution in [0.4, 0.5) is 19.0 Å². The quantitative estimate of drug-likeness (QED) is 0.577. The van der Waals surface area contributed by atoms with Gasteiger partial charge in [0.1, 0.15) is 11.5 Å². The molecule has 0 bridgehead atoms. The monoisotopic (exact) mass is 485 g/mol. The Morgan fingerprint density at radius 2 is 1.97 bits per heavy atom. The van der Waals surface area contributed by atoms with E-state index >= 15 is 0 Å². The molecular formula is C24H26F3N7O. The number of nitrogens with one attached hydrogen (secondary N) is 2. The third-order valence-electron chi connectivity index (χ3n) is 7.51. The van der Waals surface area contributed by atoms with Crippen molar-refractivity contribution in [3.8, 4) is 0 Å². The van der Waals surface area contributed by atoms with Gasteiger partial charge in [0.2, 0.25) is 5.82 Å². The van der Waals surface area contributed by atoms with Gasteiger partial charge in [0.15, 0.2) is 0 Å². The summed E-state index contributed by atoms with van der Waals surface area (Å²) in [5.74, 6) is 0.632. The number of halogens is 3. The number of aryl methyl sites for hydroxylation is 2. The fourth-order valence-corrected chi connectivity index (χ4v) is 5.43. The van der Waals surface area contributed by atoms with Gasteiger partial charge in [0, 0.05) is 30.7 Å². The molecule has 0 aromatic carbocycles. The van der Waals surface area contributed by atoms with Crippen molar-refractivity contribution in [1.82, 2.24) is 30.0 Å². The highest BCUT2D eigenvalue weighted by molar-refractivity contribution is 5.92. The van der Waals surface area contributed by atoms with Crippen LogP contribution in [0.2, 0.25) is 0 Å². The van der Waals surface area contributed by atoms with Crippen LogP contribution in [-0.4, -0.2) is 43.7 Å². The molecule has 184 valence electrons. The third-order valence-corrected chi connectivity index (χ3v) is 7.51. The molecule has 0 radical (unpaired) electrons. The van der Waals surface area contributed by atoms with E-state index in [2.05, 4.69) is 30.4 Å². The first-order valence-electron chi connectivity index (χ1n) is 11.9. The number of piperidine rings is 1. The van der Waals surface area contributed by atoms with Crippen LogP contribution in [0.15, 0.2) is 18.3 Å². The number of aromatic amines is 1. The molecule has 3 aliphatic rings. The summed E-state index contributed by atoms with van der Waals surface area (Å²) in [6.45, 7) is 5.62. The molecular weight excluding hydrogens is 459 g/mol. The fraction of sp³-hybridized carbons (Fsp3) is 0.500. The van der Waals surface area contributed by atoms with Crippen LogP contribution in [-0.2, 0) is 19.1 Å². The fourth-order valence-electron chi connectivity index (χ4n) is 5.43. The number of H-pyrrole nitrogens is 1. The Morgan fingerprint density at radius 1 is 1.20 bits per heavy atom. The van der Waals surface area contributed by atoms with E-state index in [0.29, 0.717) is 17.7 Å². The number of carbonyl (C=O) groups is 1. The SMILES string of the molecule is Cc1nc(N2CC3CC3C2)ccc1Cn1cc(C(=O)NC2CCc3c2n[nH]c3C)nc1C(F)(F)F.